The molecule has 1 aromatic rings. The number of fused-ring (bicyclic) bond motifs is 1. The molecule has 2 heteroatoms. The monoisotopic (exact) mass is 286 g/mol. The lowest BCUT2D eigenvalue weighted by Gasteiger charge is -2.42. The van der Waals surface area contributed by atoms with E-state index in [-0.39, 0.29) is 22.2 Å². The van der Waals surface area contributed by atoms with Gasteiger partial charge in [0.25, 0.3) is 0 Å². The lowest BCUT2D eigenvalue weighted by atomic mass is 9.62. The van der Waals surface area contributed by atoms with Gasteiger partial charge in [0.05, 0.1) is 5.92 Å². The van der Waals surface area contributed by atoms with E-state index in [0.717, 1.165) is 6.42 Å². The van der Waals surface area contributed by atoms with Gasteiger partial charge in [-0.15, -0.1) is 0 Å². The average molecular weight is 286 g/mol. The lowest BCUT2D eigenvalue weighted by molar-refractivity contribution is -0.138. The summed E-state index contributed by atoms with van der Waals surface area (Å²) in [6.07, 6.45) is 3.17. The van der Waals surface area contributed by atoms with Crippen molar-refractivity contribution >= 4 is 5.97 Å². The Morgan fingerprint density at radius 2 is 1.62 bits per heavy atom. The number of benzene rings is 1. The van der Waals surface area contributed by atoms with Crippen LogP contribution in [-0.4, -0.2) is 11.1 Å². The molecule has 0 aromatic heterocycles. The molecule has 2 unspecified atom stereocenters. The second kappa shape index (κ2) is 4.12. The van der Waals surface area contributed by atoms with E-state index in [4.69, 9.17) is 0 Å². The van der Waals surface area contributed by atoms with Crippen LogP contribution in [0.15, 0.2) is 18.2 Å². The van der Waals surface area contributed by atoms with Crippen LogP contribution >= 0.6 is 0 Å². The molecule has 2 aliphatic carbocycles. The Labute approximate surface area is 127 Å². The number of carbonyl (C=O) groups is 1. The fourth-order valence-electron chi connectivity index (χ4n) is 3.99. The topological polar surface area (TPSA) is 37.3 Å². The first-order valence-electron chi connectivity index (χ1n) is 7.96. The van der Waals surface area contributed by atoms with Gasteiger partial charge in [0.1, 0.15) is 0 Å². The van der Waals surface area contributed by atoms with Crippen LogP contribution in [-0.2, 0) is 21.0 Å². The zero-order valence-corrected chi connectivity index (χ0v) is 13.8. The minimum absolute atomic E-state index is 0.168. The van der Waals surface area contributed by atoms with Crippen molar-refractivity contribution in [3.63, 3.8) is 0 Å². The molecule has 1 saturated carbocycles. The summed E-state index contributed by atoms with van der Waals surface area (Å²) in [7, 11) is 0. The van der Waals surface area contributed by atoms with Crippen LogP contribution in [0.1, 0.15) is 70.6 Å². The Hall–Kier alpha value is -1.31. The van der Waals surface area contributed by atoms with Crippen molar-refractivity contribution in [1.82, 2.24) is 0 Å². The van der Waals surface area contributed by atoms with Gasteiger partial charge in [-0.25, -0.2) is 0 Å². The van der Waals surface area contributed by atoms with Gasteiger partial charge < -0.3 is 5.11 Å². The van der Waals surface area contributed by atoms with Crippen molar-refractivity contribution in [2.75, 3.05) is 0 Å². The maximum absolute atomic E-state index is 11.3. The Balaban J connectivity index is 2.08. The Morgan fingerprint density at radius 1 is 1.05 bits per heavy atom. The van der Waals surface area contributed by atoms with Crippen LogP contribution in [0.3, 0.4) is 0 Å². The fourth-order valence-corrected chi connectivity index (χ4v) is 3.99. The third-order valence-corrected chi connectivity index (χ3v) is 6.05. The smallest absolute Gasteiger partial charge is 0.307 e. The van der Waals surface area contributed by atoms with Gasteiger partial charge in [-0.2, -0.15) is 0 Å². The van der Waals surface area contributed by atoms with E-state index < -0.39 is 5.97 Å². The quantitative estimate of drug-likeness (QED) is 0.875. The predicted octanol–water partition coefficient (Wildman–Crippen LogP) is 4.40. The van der Waals surface area contributed by atoms with E-state index in [1.165, 1.54) is 29.5 Å². The van der Waals surface area contributed by atoms with Gasteiger partial charge in [0.15, 0.2) is 0 Å². The van der Waals surface area contributed by atoms with Crippen LogP contribution in [0.5, 0.6) is 0 Å². The largest absolute Gasteiger partial charge is 0.481 e. The first-order valence-corrected chi connectivity index (χ1v) is 7.96. The Kier molecular flexibility index (Phi) is 2.87. The third-order valence-electron chi connectivity index (χ3n) is 6.05. The van der Waals surface area contributed by atoms with E-state index in [1.807, 2.05) is 0 Å². The van der Waals surface area contributed by atoms with Crippen molar-refractivity contribution in [3.05, 3.63) is 34.9 Å². The molecule has 0 aliphatic heterocycles. The summed E-state index contributed by atoms with van der Waals surface area (Å²) in [6, 6.07) is 6.73. The van der Waals surface area contributed by atoms with Gasteiger partial charge in [-0.1, -0.05) is 52.8 Å². The molecule has 0 amide bonds. The highest BCUT2D eigenvalue weighted by Gasteiger charge is 2.56. The molecule has 114 valence electrons. The van der Waals surface area contributed by atoms with Gasteiger partial charge >= 0.3 is 5.97 Å². The number of hydrogen-bond donors (Lipinski definition) is 1. The molecule has 1 fully saturated rings. The van der Waals surface area contributed by atoms with Crippen molar-refractivity contribution in [2.24, 2.45) is 5.92 Å². The van der Waals surface area contributed by atoms with E-state index in [0.29, 0.717) is 0 Å². The predicted molar refractivity (Wildman–Crippen MR) is 84.8 cm³/mol. The maximum Gasteiger partial charge on any atom is 0.307 e. The van der Waals surface area contributed by atoms with Crippen LogP contribution in [0, 0.1) is 5.92 Å². The molecule has 3 rings (SSSR count). The SMILES string of the molecule is CC1(C)CCC(C)(C)c2cc(C3(C)CC3C(=O)O)ccc21. The van der Waals surface area contributed by atoms with Crippen molar-refractivity contribution < 1.29 is 9.90 Å². The molecule has 0 bridgehead atoms. The first-order chi connectivity index (χ1) is 9.58. The van der Waals surface area contributed by atoms with Crippen LogP contribution in [0.25, 0.3) is 0 Å². The molecule has 0 radical (unpaired) electrons. The molecular formula is C19H26O2. The van der Waals surface area contributed by atoms with Gasteiger partial charge in [-0.3, -0.25) is 4.79 Å². The minimum atomic E-state index is -0.658. The number of carboxylic acid groups (broad SMARTS) is 1. The highest BCUT2D eigenvalue weighted by Crippen LogP contribution is 2.56. The van der Waals surface area contributed by atoms with E-state index in [9.17, 15) is 9.90 Å². The van der Waals surface area contributed by atoms with Crippen LogP contribution < -0.4 is 0 Å². The fraction of sp³-hybridized carbons (Fsp3) is 0.632. The molecule has 0 saturated heterocycles. The van der Waals surface area contributed by atoms with Crippen LogP contribution in [0.2, 0.25) is 0 Å². The number of rotatable bonds is 2. The van der Waals surface area contributed by atoms with Crippen molar-refractivity contribution in [2.45, 2.75) is 70.1 Å². The summed E-state index contributed by atoms with van der Waals surface area (Å²) in [5.41, 5.74) is 4.32. The third kappa shape index (κ3) is 2.11. The van der Waals surface area contributed by atoms with E-state index in [2.05, 4.69) is 52.8 Å². The number of hydrogen-bond acceptors (Lipinski definition) is 1. The Bertz CT molecular complexity index is 612. The van der Waals surface area contributed by atoms with E-state index >= 15 is 0 Å². The summed E-state index contributed by atoms with van der Waals surface area (Å²) >= 11 is 0. The zero-order valence-electron chi connectivity index (χ0n) is 13.8. The van der Waals surface area contributed by atoms with Gasteiger partial charge in [0.2, 0.25) is 0 Å². The normalized spacial score (nSPS) is 32.3. The van der Waals surface area contributed by atoms with E-state index in [1.54, 1.807) is 0 Å². The summed E-state index contributed by atoms with van der Waals surface area (Å²) in [5.74, 6) is -0.870. The van der Waals surface area contributed by atoms with Crippen molar-refractivity contribution in [3.8, 4) is 0 Å². The molecule has 21 heavy (non-hydrogen) atoms. The van der Waals surface area contributed by atoms with Crippen LogP contribution in [0.4, 0.5) is 0 Å². The number of carboxylic acids is 1. The second-order valence-corrected chi connectivity index (χ2v) is 8.54. The minimum Gasteiger partial charge on any atom is -0.481 e. The first kappa shape index (κ1) is 14.6. The average Bonchev–Trinajstić information content (AvgIpc) is 3.09. The molecule has 0 spiro atoms. The zero-order chi connectivity index (χ0) is 15.6. The standard InChI is InChI=1S/C19H26O2/c1-17(2)8-9-18(3,4)14-10-12(6-7-13(14)17)19(5)11-15(19)16(20)21/h6-7,10,15H,8-9,11H2,1-5H3,(H,20,21). The summed E-state index contributed by atoms with van der Waals surface area (Å²) in [5, 5.41) is 9.27. The summed E-state index contributed by atoms with van der Waals surface area (Å²) in [6.45, 7) is 11.4. The molecule has 2 atom stereocenters. The highest BCUT2D eigenvalue weighted by atomic mass is 16.4. The summed E-state index contributed by atoms with van der Waals surface area (Å²) < 4.78 is 0. The van der Waals surface area contributed by atoms with Crippen molar-refractivity contribution in [1.29, 1.82) is 0 Å². The highest BCUT2D eigenvalue weighted by molar-refractivity contribution is 5.77. The second-order valence-electron chi connectivity index (χ2n) is 8.54. The Morgan fingerprint density at radius 3 is 2.14 bits per heavy atom. The molecule has 1 aromatic carbocycles. The summed E-state index contributed by atoms with van der Waals surface area (Å²) in [4.78, 5) is 11.3. The molecule has 0 heterocycles. The van der Waals surface area contributed by atoms with Gasteiger partial charge in [-0.05, 0) is 46.8 Å². The molecule has 2 nitrogen and oxygen atoms in total. The molecule has 2 aliphatic rings. The molecule has 1 N–H and O–H groups in total. The lowest BCUT2D eigenvalue weighted by Crippen LogP contribution is -2.34. The van der Waals surface area contributed by atoms with Gasteiger partial charge in [0, 0.05) is 5.41 Å². The maximum atomic E-state index is 11.3. The number of aliphatic carboxylic acids is 1. The molecular weight excluding hydrogens is 260 g/mol.